The maximum Gasteiger partial charge on any atom is 0.310 e. The van der Waals surface area contributed by atoms with Gasteiger partial charge in [-0.3, -0.25) is 4.79 Å². The second-order valence-corrected chi connectivity index (χ2v) is 4.52. The van der Waals surface area contributed by atoms with Crippen molar-refractivity contribution in [1.29, 1.82) is 0 Å². The minimum absolute atomic E-state index is 0.150. The highest BCUT2D eigenvalue weighted by molar-refractivity contribution is 14.1. The number of ether oxygens (including phenoxy) is 3. The molecule has 0 radical (unpaired) electrons. The summed E-state index contributed by atoms with van der Waals surface area (Å²) in [6, 6.07) is 3.72. The van der Waals surface area contributed by atoms with Crippen molar-refractivity contribution in [2.75, 3.05) is 20.8 Å². The van der Waals surface area contributed by atoms with E-state index in [2.05, 4.69) is 22.6 Å². The van der Waals surface area contributed by atoms with E-state index in [1.165, 1.54) is 0 Å². The molecule has 1 aromatic rings. The molecule has 0 saturated carbocycles. The van der Waals surface area contributed by atoms with Crippen molar-refractivity contribution in [2.24, 2.45) is 0 Å². The number of carbonyl (C=O) groups excluding carboxylic acids is 1. The Kier molecular flexibility index (Phi) is 5.54. The van der Waals surface area contributed by atoms with Crippen LogP contribution in [0.4, 0.5) is 0 Å². The summed E-state index contributed by atoms with van der Waals surface area (Å²) in [5, 5.41) is 0. The highest BCUT2D eigenvalue weighted by atomic mass is 127. The average Bonchev–Trinajstić information content (AvgIpc) is 2.31. The number of hydrogen-bond donors (Lipinski definition) is 0. The van der Waals surface area contributed by atoms with E-state index in [9.17, 15) is 4.79 Å². The lowest BCUT2D eigenvalue weighted by Crippen LogP contribution is -2.10. The van der Waals surface area contributed by atoms with E-state index >= 15 is 0 Å². The van der Waals surface area contributed by atoms with Crippen LogP contribution in [0.2, 0.25) is 0 Å². The van der Waals surface area contributed by atoms with E-state index in [0.29, 0.717) is 23.7 Å². The molecule has 0 N–H and O–H groups in total. The molecule has 0 bridgehead atoms. The van der Waals surface area contributed by atoms with Gasteiger partial charge in [0.15, 0.2) is 0 Å². The van der Waals surface area contributed by atoms with Crippen LogP contribution in [-0.2, 0) is 16.0 Å². The van der Waals surface area contributed by atoms with Gasteiger partial charge >= 0.3 is 5.97 Å². The van der Waals surface area contributed by atoms with Crippen LogP contribution >= 0.6 is 22.6 Å². The summed E-state index contributed by atoms with van der Waals surface area (Å²) in [6.07, 6.45) is 0.150. The molecule has 1 aromatic carbocycles. The molecule has 0 amide bonds. The van der Waals surface area contributed by atoms with Crippen LogP contribution < -0.4 is 9.47 Å². The first kappa shape index (κ1) is 14.1. The van der Waals surface area contributed by atoms with Gasteiger partial charge in [-0.25, -0.2) is 0 Å². The van der Waals surface area contributed by atoms with E-state index < -0.39 is 0 Å². The normalized spacial score (nSPS) is 9.88. The molecule has 5 heteroatoms. The Morgan fingerprint density at radius 2 is 1.76 bits per heavy atom. The molecule has 0 heterocycles. The molecule has 0 aliphatic carbocycles. The zero-order valence-corrected chi connectivity index (χ0v) is 12.2. The lowest BCUT2D eigenvalue weighted by Gasteiger charge is -2.13. The third kappa shape index (κ3) is 3.76. The molecule has 0 unspecified atom stereocenters. The minimum atomic E-state index is -0.287. The van der Waals surface area contributed by atoms with Crippen LogP contribution in [0.3, 0.4) is 0 Å². The SMILES string of the molecule is CCOC(=O)Cc1c(OC)cc(I)cc1OC. The molecule has 0 aromatic heterocycles. The van der Waals surface area contributed by atoms with E-state index in [1.54, 1.807) is 21.1 Å². The van der Waals surface area contributed by atoms with E-state index in [0.717, 1.165) is 3.57 Å². The van der Waals surface area contributed by atoms with Gasteiger partial charge in [-0.15, -0.1) is 0 Å². The zero-order chi connectivity index (χ0) is 12.8. The summed E-state index contributed by atoms with van der Waals surface area (Å²) in [4.78, 5) is 11.5. The second-order valence-electron chi connectivity index (χ2n) is 3.27. The van der Waals surface area contributed by atoms with E-state index in [-0.39, 0.29) is 12.4 Å². The maximum absolute atomic E-state index is 11.5. The van der Waals surface area contributed by atoms with Crippen molar-refractivity contribution in [3.8, 4) is 11.5 Å². The largest absolute Gasteiger partial charge is 0.496 e. The monoisotopic (exact) mass is 350 g/mol. The summed E-state index contributed by atoms with van der Waals surface area (Å²) in [7, 11) is 3.14. The topological polar surface area (TPSA) is 44.8 Å². The third-order valence-electron chi connectivity index (χ3n) is 2.20. The van der Waals surface area contributed by atoms with Gasteiger partial charge < -0.3 is 14.2 Å². The number of halogens is 1. The minimum Gasteiger partial charge on any atom is -0.496 e. The molecule has 0 aliphatic heterocycles. The number of benzene rings is 1. The van der Waals surface area contributed by atoms with Crippen molar-refractivity contribution >= 4 is 28.6 Å². The molecule has 1 rings (SSSR count). The van der Waals surface area contributed by atoms with Crippen LogP contribution in [0.5, 0.6) is 11.5 Å². The van der Waals surface area contributed by atoms with Crippen LogP contribution in [0.15, 0.2) is 12.1 Å². The summed E-state index contributed by atoms with van der Waals surface area (Å²) in [6.45, 7) is 2.15. The van der Waals surface area contributed by atoms with Crippen molar-refractivity contribution in [2.45, 2.75) is 13.3 Å². The Morgan fingerprint density at radius 3 is 2.18 bits per heavy atom. The molecule has 0 aliphatic rings. The predicted octanol–water partition coefficient (Wildman–Crippen LogP) is 2.41. The van der Waals surface area contributed by atoms with E-state index in [1.807, 2.05) is 12.1 Å². The predicted molar refractivity (Wildman–Crippen MR) is 72.6 cm³/mol. The zero-order valence-electron chi connectivity index (χ0n) is 10.1. The van der Waals surface area contributed by atoms with Crippen LogP contribution in [0.25, 0.3) is 0 Å². The highest BCUT2D eigenvalue weighted by Crippen LogP contribution is 2.31. The smallest absolute Gasteiger partial charge is 0.310 e. The summed E-state index contributed by atoms with van der Waals surface area (Å²) in [5.41, 5.74) is 0.717. The van der Waals surface area contributed by atoms with Gasteiger partial charge in [0.1, 0.15) is 11.5 Å². The molecule has 17 heavy (non-hydrogen) atoms. The lowest BCUT2D eigenvalue weighted by molar-refractivity contribution is -0.142. The first-order valence-electron chi connectivity index (χ1n) is 5.18. The van der Waals surface area contributed by atoms with Crippen molar-refractivity contribution in [3.05, 3.63) is 21.3 Å². The quantitative estimate of drug-likeness (QED) is 0.604. The van der Waals surface area contributed by atoms with Crippen LogP contribution in [0.1, 0.15) is 12.5 Å². The fourth-order valence-corrected chi connectivity index (χ4v) is 2.05. The van der Waals surface area contributed by atoms with Gasteiger partial charge in [0.05, 0.1) is 27.2 Å². The van der Waals surface area contributed by atoms with Gasteiger partial charge in [0, 0.05) is 9.13 Å². The first-order chi connectivity index (χ1) is 8.12. The summed E-state index contributed by atoms with van der Waals surface area (Å²) >= 11 is 2.17. The fraction of sp³-hybridized carbons (Fsp3) is 0.417. The number of esters is 1. The van der Waals surface area contributed by atoms with Gasteiger partial charge in [-0.1, -0.05) is 0 Å². The standard InChI is InChI=1S/C12H15IO4/c1-4-17-12(14)7-9-10(15-2)5-8(13)6-11(9)16-3/h5-6H,4,7H2,1-3H3. The van der Waals surface area contributed by atoms with Crippen molar-refractivity contribution in [3.63, 3.8) is 0 Å². The molecule has 94 valence electrons. The molecule has 0 atom stereocenters. The Balaban J connectivity index is 3.06. The lowest BCUT2D eigenvalue weighted by atomic mass is 10.1. The Bertz CT molecular complexity index is 378. The van der Waals surface area contributed by atoms with Gasteiger partial charge in [0.25, 0.3) is 0 Å². The first-order valence-corrected chi connectivity index (χ1v) is 6.26. The van der Waals surface area contributed by atoms with Crippen molar-refractivity contribution in [1.82, 2.24) is 0 Å². The van der Waals surface area contributed by atoms with Crippen molar-refractivity contribution < 1.29 is 19.0 Å². The molecule has 0 spiro atoms. The van der Waals surface area contributed by atoms with Gasteiger partial charge in [-0.05, 0) is 41.6 Å². The third-order valence-corrected chi connectivity index (χ3v) is 2.82. The van der Waals surface area contributed by atoms with Gasteiger partial charge in [0.2, 0.25) is 0 Å². The van der Waals surface area contributed by atoms with Gasteiger partial charge in [-0.2, -0.15) is 0 Å². The maximum atomic E-state index is 11.5. The summed E-state index contributed by atoms with van der Waals surface area (Å²) in [5.74, 6) is 0.994. The average molecular weight is 350 g/mol. The van der Waals surface area contributed by atoms with E-state index in [4.69, 9.17) is 14.2 Å². The van der Waals surface area contributed by atoms with Crippen LogP contribution in [-0.4, -0.2) is 26.8 Å². The number of carbonyl (C=O) groups is 1. The highest BCUT2D eigenvalue weighted by Gasteiger charge is 2.16. The Morgan fingerprint density at radius 1 is 1.24 bits per heavy atom. The molecule has 0 fully saturated rings. The molecule has 4 nitrogen and oxygen atoms in total. The molecule has 0 saturated heterocycles. The second kappa shape index (κ2) is 6.68. The Labute approximate surface area is 114 Å². The number of hydrogen-bond acceptors (Lipinski definition) is 4. The Hall–Kier alpha value is -0.980. The summed E-state index contributed by atoms with van der Waals surface area (Å²) < 4.78 is 16.4. The number of rotatable bonds is 5. The molecular formula is C12H15IO4. The fourth-order valence-electron chi connectivity index (χ4n) is 1.48. The molecular weight excluding hydrogens is 335 g/mol. The number of methoxy groups -OCH3 is 2. The van der Waals surface area contributed by atoms with Crippen LogP contribution in [0, 0.1) is 3.57 Å².